The van der Waals surface area contributed by atoms with E-state index in [1.54, 1.807) is 6.07 Å². The number of alkyl halides is 3. The monoisotopic (exact) mass is 557 g/mol. The van der Waals surface area contributed by atoms with Gasteiger partial charge >= 0.3 is 6.36 Å². The molecule has 0 spiro atoms. The number of piperidine rings is 1. The Labute approximate surface area is 221 Å². The first kappa shape index (κ1) is 27.4. The van der Waals surface area contributed by atoms with Crippen LogP contribution in [0.5, 0.6) is 11.5 Å². The zero-order valence-corrected chi connectivity index (χ0v) is 21.2. The highest BCUT2D eigenvalue weighted by molar-refractivity contribution is 7.98. The molecule has 0 bridgehead atoms. The summed E-state index contributed by atoms with van der Waals surface area (Å²) < 4.78 is 64.6. The molecule has 2 aromatic rings. The maximum Gasteiger partial charge on any atom is 0.573 e. The average Bonchev–Trinajstić information content (AvgIpc) is 3.65. The van der Waals surface area contributed by atoms with E-state index in [1.807, 2.05) is 6.07 Å². The lowest BCUT2D eigenvalue weighted by Crippen LogP contribution is -2.35. The fourth-order valence-electron chi connectivity index (χ4n) is 4.00. The standard InChI is InChI=1S/C25H24ClF4N3O3S/c26-18-7-16(8-19(10-18)36-25(28,29)30)13-33-5-3-15(4-6-33)14-35-23-11-22(27)21(9-17(23)12-31)24(34)32-37-20-1-2-20/h7-11,15,20H,1-6,13-14H2,(H,32,34). The summed E-state index contributed by atoms with van der Waals surface area (Å²) in [6.45, 7) is 2.03. The molecule has 1 aliphatic heterocycles. The number of halogens is 5. The predicted molar refractivity (Wildman–Crippen MR) is 131 cm³/mol. The highest BCUT2D eigenvalue weighted by Crippen LogP contribution is 2.33. The smallest absolute Gasteiger partial charge is 0.492 e. The molecule has 2 fully saturated rings. The van der Waals surface area contributed by atoms with E-state index in [0.29, 0.717) is 30.4 Å². The van der Waals surface area contributed by atoms with Gasteiger partial charge in [-0.25, -0.2) is 4.39 Å². The largest absolute Gasteiger partial charge is 0.573 e. The van der Waals surface area contributed by atoms with Crippen molar-refractivity contribution in [2.24, 2.45) is 5.92 Å². The molecule has 0 radical (unpaired) electrons. The zero-order valence-electron chi connectivity index (χ0n) is 19.6. The lowest BCUT2D eigenvalue weighted by atomic mass is 9.97. The van der Waals surface area contributed by atoms with Gasteiger partial charge in [-0.2, -0.15) is 5.26 Å². The van der Waals surface area contributed by atoms with Gasteiger partial charge in [-0.05, 0) is 86.5 Å². The first-order valence-electron chi connectivity index (χ1n) is 11.7. The molecule has 37 heavy (non-hydrogen) atoms. The summed E-state index contributed by atoms with van der Waals surface area (Å²) in [4.78, 5) is 14.3. The number of nitrogens with one attached hydrogen (secondary N) is 1. The molecule has 6 nitrogen and oxygen atoms in total. The van der Waals surface area contributed by atoms with Crippen LogP contribution in [0.2, 0.25) is 5.02 Å². The summed E-state index contributed by atoms with van der Waals surface area (Å²) in [5.74, 6) is -1.46. The molecule has 1 amide bonds. The van der Waals surface area contributed by atoms with Gasteiger partial charge in [0, 0.05) is 22.9 Å². The molecule has 1 N–H and O–H groups in total. The van der Waals surface area contributed by atoms with E-state index in [0.717, 1.165) is 37.8 Å². The second kappa shape index (κ2) is 11.8. The summed E-state index contributed by atoms with van der Waals surface area (Å²) in [6.07, 6.45) is -1.27. The van der Waals surface area contributed by atoms with E-state index < -0.39 is 18.1 Å². The number of carbonyl (C=O) groups is 1. The van der Waals surface area contributed by atoms with Crippen molar-refractivity contribution >= 4 is 29.5 Å². The number of hydrogen-bond acceptors (Lipinski definition) is 6. The molecule has 1 saturated heterocycles. The Hall–Kier alpha value is -2.68. The van der Waals surface area contributed by atoms with Crippen LogP contribution in [0.15, 0.2) is 30.3 Å². The first-order valence-corrected chi connectivity index (χ1v) is 13.0. The second-order valence-electron chi connectivity index (χ2n) is 9.06. The minimum Gasteiger partial charge on any atom is -0.492 e. The summed E-state index contributed by atoms with van der Waals surface area (Å²) in [5, 5.41) is 10.0. The van der Waals surface area contributed by atoms with E-state index >= 15 is 0 Å². The van der Waals surface area contributed by atoms with Crippen molar-refractivity contribution in [2.75, 3.05) is 19.7 Å². The average molecular weight is 558 g/mol. The minimum atomic E-state index is -4.80. The van der Waals surface area contributed by atoms with Gasteiger partial charge in [0.2, 0.25) is 0 Å². The van der Waals surface area contributed by atoms with Crippen LogP contribution in [0.25, 0.3) is 0 Å². The Morgan fingerprint density at radius 2 is 1.89 bits per heavy atom. The van der Waals surface area contributed by atoms with Gasteiger partial charge in [-0.1, -0.05) is 11.6 Å². The van der Waals surface area contributed by atoms with Crippen molar-refractivity contribution < 1.29 is 31.8 Å². The van der Waals surface area contributed by atoms with Crippen LogP contribution in [0, 0.1) is 23.1 Å². The van der Waals surface area contributed by atoms with Crippen LogP contribution in [0.1, 0.15) is 47.2 Å². The van der Waals surface area contributed by atoms with Crippen LogP contribution in [-0.2, 0) is 6.54 Å². The van der Waals surface area contributed by atoms with Crippen molar-refractivity contribution in [1.29, 1.82) is 5.26 Å². The van der Waals surface area contributed by atoms with Crippen molar-refractivity contribution in [1.82, 2.24) is 9.62 Å². The quantitative estimate of drug-likeness (QED) is 0.297. The molecule has 12 heteroatoms. The van der Waals surface area contributed by atoms with E-state index in [1.165, 1.54) is 24.1 Å². The molecule has 1 aliphatic carbocycles. The summed E-state index contributed by atoms with van der Waals surface area (Å²) in [6, 6.07) is 8.28. The first-order chi connectivity index (χ1) is 17.6. The van der Waals surface area contributed by atoms with Crippen molar-refractivity contribution in [3.63, 3.8) is 0 Å². The van der Waals surface area contributed by atoms with E-state index in [2.05, 4.69) is 14.4 Å². The zero-order chi connectivity index (χ0) is 26.6. The van der Waals surface area contributed by atoms with Crippen molar-refractivity contribution in [3.8, 4) is 17.6 Å². The van der Waals surface area contributed by atoms with Gasteiger partial charge in [-0.3, -0.25) is 14.4 Å². The molecular weight excluding hydrogens is 534 g/mol. The van der Waals surface area contributed by atoms with Gasteiger partial charge in [0.1, 0.15) is 23.4 Å². The lowest BCUT2D eigenvalue weighted by Gasteiger charge is -2.32. The topological polar surface area (TPSA) is 74.6 Å². The molecule has 0 atom stereocenters. The molecule has 2 aromatic carbocycles. The molecule has 0 unspecified atom stereocenters. The molecule has 2 aliphatic rings. The Morgan fingerprint density at radius 3 is 2.54 bits per heavy atom. The Balaban J connectivity index is 1.29. The van der Waals surface area contributed by atoms with Crippen LogP contribution >= 0.6 is 23.5 Å². The number of hydrogen-bond donors (Lipinski definition) is 1. The number of rotatable bonds is 9. The third kappa shape index (κ3) is 8.15. The number of nitrogens with zero attached hydrogens (tertiary/aromatic N) is 2. The normalized spacial score (nSPS) is 16.8. The Morgan fingerprint density at radius 1 is 1.16 bits per heavy atom. The fourth-order valence-corrected chi connectivity index (χ4v) is 5.00. The second-order valence-corrected chi connectivity index (χ2v) is 10.6. The van der Waals surface area contributed by atoms with Gasteiger partial charge < -0.3 is 9.47 Å². The molecule has 198 valence electrons. The van der Waals surface area contributed by atoms with Gasteiger partial charge in [0.25, 0.3) is 5.91 Å². The molecule has 1 saturated carbocycles. The molecular formula is C25H24ClF4N3O3S. The fraction of sp³-hybridized carbons (Fsp3) is 0.440. The van der Waals surface area contributed by atoms with Crippen LogP contribution in [0.4, 0.5) is 17.6 Å². The predicted octanol–water partition coefficient (Wildman–Crippen LogP) is 6.08. The van der Waals surface area contributed by atoms with Gasteiger partial charge in [-0.15, -0.1) is 13.2 Å². The van der Waals surface area contributed by atoms with Crippen molar-refractivity contribution in [2.45, 2.75) is 43.8 Å². The highest BCUT2D eigenvalue weighted by atomic mass is 35.5. The number of amides is 1. The summed E-state index contributed by atoms with van der Waals surface area (Å²) in [7, 11) is 0. The Bertz CT molecular complexity index is 1180. The van der Waals surface area contributed by atoms with E-state index in [-0.39, 0.29) is 40.2 Å². The van der Waals surface area contributed by atoms with E-state index in [4.69, 9.17) is 16.3 Å². The van der Waals surface area contributed by atoms with Crippen LogP contribution < -0.4 is 14.2 Å². The number of nitriles is 1. The SMILES string of the molecule is N#Cc1cc(C(=O)NSC2CC2)c(F)cc1OCC1CCN(Cc2cc(Cl)cc(OC(F)(F)F)c2)CC1. The lowest BCUT2D eigenvalue weighted by molar-refractivity contribution is -0.274. The summed E-state index contributed by atoms with van der Waals surface area (Å²) >= 11 is 7.22. The molecule has 1 heterocycles. The van der Waals surface area contributed by atoms with Gasteiger partial charge in [0.05, 0.1) is 17.7 Å². The van der Waals surface area contributed by atoms with Crippen LogP contribution in [0.3, 0.4) is 0 Å². The molecule has 0 aromatic heterocycles. The number of benzene rings is 2. The van der Waals surface area contributed by atoms with Gasteiger partial charge in [0.15, 0.2) is 0 Å². The number of ether oxygens (including phenoxy) is 2. The minimum absolute atomic E-state index is 0.0817. The van der Waals surface area contributed by atoms with E-state index in [9.17, 15) is 27.6 Å². The Kier molecular flexibility index (Phi) is 8.72. The van der Waals surface area contributed by atoms with Crippen LogP contribution in [-0.4, -0.2) is 42.1 Å². The number of likely N-dealkylation sites (tertiary alicyclic amines) is 1. The maximum absolute atomic E-state index is 14.6. The third-order valence-corrected chi connectivity index (χ3v) is 7.36. The van der Waals surface area contributed by atoms with Crippen molar-refractivity contribution in [3.05, 3.63) is 57.9 Å². The number of carbonyl (C=O) groups excluding carboxylic acids is 1. The highest BCUT2D eigenvalue weighted by Gasteiger charge is 2.31. The summed E-state index contributed by atoms with van der Waals surface area (Å²) in [5.41, 5.74) is 0.489. The maximum atomic E-state index is 14.6. The third-order valence-electron chi connectivity index (χ3n) is 6.03. The molecule has 4 rings (SSSR count).